The molecule has 2 aromatic carbocycles. The van der Waals surface area contributed by atoms with E-state index in [1.165, 1.54) is 11.4 Å². The van der Waals surface area contributed by atoms with Crippen LogP contribution in [0.5, 0.6) is 0 Å². The Bertz CT molecular complexity index is 400. The van der Waals surface area contributed by atoms with Crippen molar-refractivity contribution in [3.63, 3.8) is 0 Å². The molecule has 0 unspecified atom stereocenters. The Hall–Kier alpha value is -1.80. The van der Waals surface area contributed by atoms with Crippen molar-refractivity contribution in [1.82, 2.24) is 0 Å². The fourth-order valence-electron chi connectivity index (χ4n) is 2.04. The summed E-state index contributed by atoms with van der Waals surface area (Å²) in [4.78, 5) is 2.34. The number of hydrogen-bond donors (Lipinski definition) is 1. The van der Waals surface area contributed by atoms with Gasteiger partial charge in [-0.15, -0.1) is 0 Å². The van der Waals surface area contributed by atoms with Crippen LogP contribution in [0.25, 0.3) is 0 Å². The molecule has 2 rings (SSSR count). The maximum Gasteiger partial charge on any atom is 0.0410 e. The van der Waals surface area contributed by atoms with E-state index in [0.29, 0.717) is 0 Å². The van der Waals surface area contributed by atoms with Crippen LogP contribution in [0.4, 0.5) is 11.4 Å². The molecular formula is C16H20N2. The lowest BCUT2D eigenvalue weighted by molar-refractivity contribution is 0.741. The predicted octanol–water partition coefficient (Wildman–Crippen LogP) is 3.56. The summed E-state index contributed by atoms with van der Waals surface area (Å²) < 4.78 is 0. The third-order valence-corrected chi connectivity index (χ3v) is 2.97. The van der Waals surface area contributed by atoms with E-state index in [1.54, 1.807) is 0 Å². The fourth-order valence-corrected chi connectivity index (χ4v) is 2.04. The fraction of sp³-hybridized carbons (Fsp3) is 0.250. The monoisotopic (exact) mass is 240 g/mol. The highest BCUT2D eigenvalue weighted by Crippen LogP contribution is 2.24. The third kappa shape index (κ3) is 3.34. The van der Waals surface area contributed by atoms with Gasteiger partial charge in [0.25, 0.3) is 0 Å². The van der Waals surface area contributed by atoms with Crippen molar-refractivity contribution in [3.8, 4) is 0 Å². The SMILES string of the molecule is NCCCCN(c1ccccc1)c1ccccc1. The topological polar surface area (TPSA) is 29.3 Å². The summed E-state index contributed by atoms with van der Waals surface area (Å²) in [5.74, 6) is 0. The zero-order valence-corrected chi connectivity index (χ0v) is 10.6. The van der Waals surface area contributed by atoms with Crippen molar-refractivity contribution in [2.75, 3.05) is 18.0 Å². The summed E-state index contributed by atoms with van der Waals surface area (Å²) in [5, 5.41) is 0. The molecule has 0 saturated heterocycles. The molecular weight excluding hydrogens is 220 g/mol. The molecule has 2 N–H and O–H groups in total. The van der Waals surface area contributed by atoms with Gasteiger partial charge in [0.2, 0.25) is 0 Å². The Kier molecular flexibility index (Phi) is 4.79. The molecule has 0 aliphatic heterocycles. The van der Waals surface area contributed by atoms with Gasteiger partial charge in [0, 0.05) is 17.9 Å². The van der Waals surface area contributed by atoms with Gasteiger partial charge in [0.05, 0.1) is 0 Å². The standard InChI is InChI=1S/C16H20N2/c17-13-7-8-14-18(15-9-3-1-4-10-15)16-11-5-2-6-12-16/h1-6,9-12H,7-8,13-14,17H2. The first-order valence-corrected chi connectivity index (χ1v) is 6.49. The van der Waals surface area contributed by atoms with Crippen LogP contribution in [-0.2, 0) is 0 Å². The molecule has 2 heteroatoms. The molecule has 0 aliphatic rings. The van der Waals surface area contributed by atoms with E-state index in [0.717, 1.165) is 25.9 Å². The smallest absolute Gasteiger partial charge is 0.0410 e. The van der Waals surface area contributed by atoms with Gasteiger partial charge in [-0.25, -0.2) is 0 Å². The van der Waals surface area contributed by atoms with Crippen LogP contribution in [-0.4, -0.2) is 13.1 Å². The first-order chi connectivity index (χ1) is 8.92. The third-order valence-electron chi connectivity index (χ3n) is 2.97. The van der Waals surface area contributed by atoms with E-state index in [1.807, 2.05) is 12.1 Å². The van der Waals surface area contributed by atoms with Crippen LogP contribution >= 0.6 is 0 Å². The summed E-state index contributed by atoms with van der Waals surface area (Å²) in [5.41, 5.74) is 8.05. The molecule has 0 heterocycles. The number of nitrogens with zero attached hydrogens (tertiary/aromatic N) is 1. The molecule has 0 spiro atoms. The number of anilines is 2. The van der Waals surface area contributed by atoms with Crippen LogP contribution in [0.3, 0.4) is 0 Å². The van der Waals surface area contributed by atoms with Gasteiger partial charge >= 0.3 is 0 Å². The Labute approximate surface area is 109 Å². The molecule has 2 aromatic rings. The molecule has 0 aromatic heterocycles. The van der Waals surface area contributed by atoms with Crippen LogP contribution in [0.1, 0.15) is 12.8 Å². The second-order valence-corrected chi connectivity index (χ2v) is 4.32. The zero-order chi connectivity index (χ0) is 12.6. The maximum atomic E-state index is 5.57. The van der Waals surface area contributed by atoms with Gasteiger partial charge in [-0.2, -0.15) is 0 Å². The molecule has 0 amide bonds. The summed E-state index contributed by atoms with van der Waals surface area (Å²) in [6, 6.07) is 21.0. The van der Waals surface area contributed by atoms with E-state index in [-0.39, 0.29) is 0 Å². The Morgan fingerprint density at radius 2 is 1.22 bits per heavy atom. The average molecular weight is 240 g/mol. The van der Waals surface area contributed by atoms with Gasteiger partial charge in [0.15, 0.2) is 0 Å². The number of para-hydroxylation sites is 2. The van der Waals surface area contributed by atoms with Crippen molar-refractivity contribution >= 4 is 11.4 Å². The van der Waals surface area contributed by atoms with Crippen molar-refractivity contribution in [2.24, 2.45) is 5.73 Å². The van der Waals surface area contributed by atoms with Gasteiger partial charge in [-0.1, -0.05) is 36.4 Å². The van der Waals surface area contributed by atoms with E-state index >= 15 is 0 Å². The molecule has 0 bridgehead atoms. The summed E-state index contributed by atoms with van der Waals surface area (Å²) in [7, 11) is 0. The van der Waals surface area contributed by atoms with E-state index < -0.39 is 0 Å². The lowest BCUT2D eigenvalue weighted by Gasteiger charge is -2.25. The highest BCUT2D eigenvalue weighted by Gasteiger charge is 2.07. The van der Waals surface area contributed by atoms with Crippen LogP contribution < -0.4 is 10.6 Å². The number of nitrogens with two attached hydrogens (primary N) is 1. The van der Waals surface area contributed by atoms with Gasteiger partial charge in [-0.3, -0.25) is 0 Å². The number of hydrogen-bond acceptors (Lipinski definition) is 2. The van der Waals surface area contributed by atoms with Crippen LogP contribution in [0, 0.1) is 0 Å². The second-order valence-electron chi connectivity index (χ2n) is 4.32. The van der Waals surface area contributed by atoms with Gasteiger partial charge < -0.3 is 10.6 Å². The predicted molar refractivity (Wildman–Crippen MR) is 78.2 cm³/mol. The molecule has 2 nitrogen and oxygen atoms in total. The lowest BCUT2D eigenvalue weighted by Crippen LogP contribution is -2.19. The lowest BCUT2D eigenvalue weighted by atomic mass is 10.2. The number of rotatable bonds is 6. The van der Waals surface area contributed by atoms with Crippen molar-refractivity contribution in [1.29, 1.82) is 0 Å². The van der Waals surface area contributed by atoms with E-state index in [2.05, 4.69) is 53.4 Å². The van der Waals surface area contributed by atoms with Crippen LogP contribution in [0.15, 0.2) is 60.7 Å². The molecule has 94 valence electrons. The Morgan fingerprint density at radius 3 is 1.67 bits per heavy atom. The molecule has 0 saturated carbocycles. The molecule has 0 radical (unpaired) electrons. The molecule has 0 aliphatic carbocycles. The minimum absolute atomic E-state index is 0.761. The molecule has 18 heavy (non-hydrogen) atoms. The minimum Gasteiger partial charge on any atom is -0.341 e. The quantitative estimate of drug-likeness (QED) is 0.782. The van der Waals surface area contributed by atoms with Crippen LogP contribution in [0.2, 0.25) is 0 Å². The highest BCUT2D eigenvalue weighted by atomic mass is 15.1. The first-order valence-electron chi connectivity index (χ1n) is 6.49. The summed E-state index contributed by atoms with van der Waals surface area (Å²) in [6.07, 6.45) is 2.18. The zero-order valence-electron chi connectivity index (χ0n) is 10.6. The van der Waals surface area contributed by atoms with E-state index in [4.69, 9.17) is 5.73 Å². The summed E-state index contributed by atoms with van der Waals surface area (Å²) in [6.45, 7) is 1.77. The molecule has 0 atom stereocenters. The second kappa shape index (κ2) is 6.82. The molecule has 0 fully saturated rings. The largest absolute Gasteiger partial charge is 0.341 e. The van der Waals surface area contributed by atoms with Gasteiger partial charge in [0.1, 0.15) is 0 Å². The Balaban J connectivity index is 2.18. The number of unbranched alkanes of at least 4 members (excludes halogenated alkanes) is 1. The van der Waals surface area contributed by atoms with E-state index in [9.17, 15) is 0 Å². The maximum absolute atomic E-state index is 5.57. The van der Waals surface area contributed by atoms with Crippen molar-refractivity contribution < 1.29 is 0 Å². The normalized spacial score (nSPS) is 10.3. The number of benzene rings is 2. The summed E-state index contributed by atoms with van der Waals surface area (Å²) >= 11 is 0. The van der Waals surface area contributed by atoms with Crippen molar-refractivity contribution in [3.05, 3.63) is 60.7 Å². The first kappa shape index (κ1) is 12.7. The average Bonchev–Trinajstić information content (AvgIpc) is 2.46. The van der Waals surface area contributed by atoms with Gasteiger partial charge in [-0.05, 0) is 43.7 Å². The minimum atomic E-state index is 0.761. The highest BCUT2D eigenvalue weighted by molar-refractivity contribution is 5.62. The Morgan fingerprint density at radius 1 is 0.722 bits per heavy atom. The van der Waals surface area contributed by atoms with Crippen molar-refractivity contribution in [2.45, 2.75) is 12.8 Å².